The zero-order valence-electron chi connectivity index (χ0n) is 11.9. The highest BCUT2D eigenvalue weighted by Crippen LogP contribution is 2.24. The Labute approximate surface area is 150 Å². The van der Waals surface area contributed by atoms with Crippen LogP contribution in [-0.4, -0.2) is 36.4 Å². The van der Waals surface area contributed by atoms with Gasteiger partial charge < -0.3 is 16.0 Å². The summed E-state index contributed by atoms with van der Waals surface area (Å²) in [5.41, 5.74) is 6.64. The molecule has 0 saturated heterocycles. The van der Waals surface area contributed by atoms with Crippen molar-refractivity contribution in [3.63, 3.8) is 0 Å². The van der Waals surface area contributed by atoms with Crippen molar-refractivity contribution in [2.45, 2.75) is 25.3 Å². The van der Waals surface area contributed by atoms with E-state index in [1.807, 2.05) is 36.2 Å². The second kappa shape index (κ2) is 8.57. The average Bonchev–Trinajstić information content (AvgIpc) is 3.25. The largest absolute Gasteiger partial charge is 0.370 e. The van der Waals surface area contributed by atoms with E-state index in [0.717, 1.165) is 10.2 Å². The molecule has 116 valence electrons. The van der Waals surface area contributed by atoms with Crippen molar-refractivity contribution >= 4 is 57.5 Å². The van der Waals surface area contributed by atoms with Gasteiger partial charge in [0.1, 0.15) is 0 Å². The standard InChI is InChI=1S/C14H19BrN4O.HI/c1-19(12-6-7-12)14(16)17-9-8-13(20)18-11-4-2-10(15)3-5-11;/h2-5,12H,6-9H2,1H3,(H2,16,17)(H,18,20);1H. The Morgan fingerprint density at radius 1 is 1.43 bits per heavy atom. The van der Waals surface area contributed by atoms with Crippen LogP contribution in [0.2, 0.25) is 0 Å². The van der Waals surface area contributed by atoms with Crippen molar-refractivity contribution in [2.24, 2.45) is 10.7 Å². The first-order valence-corrected chi connectivity index (χ1v) is 7.44. The van der Waals surface area contributed by atoms with Crippen LogP contribution in [0.3, 0.4) is 0 Å². The van der Waals surface area contributed by atoms with Crippen molar-refractivity contribution < 1.29 is 4.79 Å². The monoisotopic (exact) mass is 466 g/mol. The number of hydrogen-bond donors (Lipinski definition) is 2. The molecule has 3 N–H and O–H groups in total. The summed E-state index contributed by atoms with van der Waals surface area (Å²) in [6, 6.07) is 8.00. The lowest BCUT2D eigenvalue weighted by Crippen LogP contribution is -2.35. The number of benzene rings is 1. The van der Waals surface area contributed by atoms with Gasteiger partial charge in [0, 0.05) is 29.7 Å². The summed E-state index contributed by atoms with van der Waals surface area (Å²) in [5, 5.41) is 2.82. The number of carbonyl (C=O) groups excluding carboxylic acids is 1. The number of carbonyl (C=O) groups is 1. The SMILES string of the molecule is CN(C(N)=NCCC(=O)Nc1ccc(Br)cc1)C1CC1.I. The van der Waals surface area contributed by atoms with Gasteiger partial charge in [-0.25, -0.2) is 0 Å². The van der Waals surface area contributed by atoms with Gasteiger partial charge >= 0.3 is 0 Å². The molecular weight excluding hydrogens is 447 g/mol. The summed E-state index contributed by atoms with van der Waals surface area (Å²) in [5.74, 6) is 0.460. The van der Waals surface area contributed by atoms with Gasteiger partial charge in [0.25, 0.3) is 0 Å². The second-order valence-corrected chi connectivity index (χ2v) is 5.80. The van der Waals surface area contributed by atoms with Crippen LogP contribution in [0.4, 0.5) is 5.69 Å². The van der Waals surface area contributed by atoms with Crippen molar-refractivity contribution in [2.75, 3.05) is 18.9 Å². The maximum absolute atomic E-state index is 11.7. The van der Waals surface area contributed by atoms with E-state index in [-0.39, 0.29) is 29.9 Å². The molecule has 0 atom stereocenters. The Balaban J connectivity index is 0.00000220. The van der Waals surface area contributed by atoms with E-state index in [4.69, 9.17) is 5.73 Å². The summed E-state index contributed by atoms with van der Waals surface area (Å²) in [4.78, 5) is 18.0. The number of halogens is 2. The molecule has 0 unspecified atom stereocenters. The van der Waals surface area contributed by atoms with Crippen molar-refractivity contribution in [3.8, 4) is 0 Å². The predicted molar refractivity (Wildman–Crippen MR) is 100 cm³/mol. The van der Waals surface area contributed by atoms with E-state index in [2.05, 4.69) is 26.2 Å². The van der Waals surface area contributed by atoms with Crippen LogP contribution in [0.1, 0.15) is 19.3 Å². The number of hydrogen-bond acceptors (Lipinski definition) is 2. The summed E-state index contributed by atoms with van der Waals surface area (Å²) in [6.45, 7) is 0.408. The number of guanidine groups is 1. The predicted octanol–water partition coefficient (Wildman–Crippen LogP) is 2.80. The molecule has 0 aromatic heterocycles. The van der Waals surface area contributed by atoms with Crippen molar-refractivity contribution in [3.05, 3.63) is 28.7 Å². The molecule has 1 aliphatic rings. The molecule has 1 aliphatic carbocycles. The summed E-state index contributed by atoms with van der Waals surface area (Å²) >= 11 is 3.35. The van der Waals surface area contributed by atoms with Crippen LogP contribution in [0, 0.1) is 0 Å². The van der Waals surface area contributed by atoms with E-state index in [1.54, 1.807) is 0 Å². The second-order valence-electron chi connectivity index (χ2n) is 4.89. The summed E-state index contributed by atoms with van der Waals surface area (Å²) in [6.07, 6.45) is 2.68. The third-order valence-corrected chi connectivity index (χ3v) is 3.73. The number of anilines is 1. The Morgan fingerprint density at radius 2 is 2.05 bits per heavy atom. The normalized spacial score (nSPS) is 14.3. The zero-order chi connectivity index (χ0) is 14.5. The molecule has 1 aromatic carbocycles. The molecule has 2 rings (SSSR count). The molecule has 1 aromatic rings. The fourth-order valence-corrected chi connectivity index (χ4v) is 2.05. The molecule has 0 spiro atoms. The fraction of sp³-hybridized carbons (Fsp3) is 0.429. The molecule has 0 aliphatic heterocycles. The van der Waals surface area contributed by atoms with E-state index in [0.29, 0.717) is 25.0 Å². The fourth-order valence-electron chi connectivity index (χ4n) is 1.79. The van der Waals surface area contributed by atoms with Gasteiger partial charge in [-0.1, -0.05) is 15.9 Å². The van der Waals surface area contributed by atoms with Gasteiger partial charge in [-0.2, -0.15) is 0 Å². The van der Waals surface area contributed by atoms with Crippen LogP contribution in [-0.2, 0) is 4.79 Å². The first-order valence-electron chi connectivity index (χ1n) is 6.64. The van der Waals surface area contributed by atoms with Crippen LogP contribution in [0.15, 0.2) is 33.7 Å². The molecule has 7 heteroatoms. The third kappa shape index (κ3) is 6.21. The Hall–Kier alpha value is -0.830. The number of nitrogens with one attached hydrogen (secondary N) is 1. The van der Waals surface area contributed by atoms with E-state index in [1.165, 1.54) is 12.8 Å². The quantitative estimate of drug-likeness (QED) is 0.398. The molecule has 0 radical (unpaired) electrons. The lowest BCUT2D eigenvalue weighted by atomic mass is 10.3. The van der Waals surface area contributed by atoms with E-state index < -0.39 is 0 Å². The van der Waals surface area contributed by atoms with Crippen molar-refractivity contribution in [1.82, 2.24) is 4.90 Å². The van der Waals surface area contributed by atoms with Gasteiger partial charge in [-0.05, 0) is 37.1 Å². The van der Waals surface area contributed by atoms with Crippen molar-refractivity contribution in [1.29, 1.82) is 0 Å². The van der Waals surface area contributed by atoms with E-state index in [9.17, 15) is 4.79 Å². The Bertz CT molecular complexity index is 502. The van der Waals surface area contributed by atoms with Gasteiger partial charge in [0.05, 0.1) is 6.54 Å². The highest BCUT2D eigenvalue weighted by Gasteiger charge is 2.27. The first-order chi connectivity index (χ1) is 9.56. The third-order valence-electron chi connectivity index (χ3n) is 3.20. The number of nitrogens with two attached hydrogens (primary N) is 1. The number of rotatable bonds is 5. The maximum Gasteiger partial charge on any atom is 0.226 e. The molecule has 0 heterocycles. The molecule has 0 bridgehead atoms. The van der Waals surface area contributed by atoms with Gasteiger partial charge in [-0.15, -0.1) is 24.0 Å². The van der Waals surface area contributed by atoms with Crippen LogP contribution in [0.25, 0.3) is 0 Å². The van der Waals surface area contributed by atoms with E-state index >= 15 is 0 Å². The minimum absolute atomic E-state index is 0. The number of aliphatic imine (C=N–C) groups is 1. The maximum atomic E-state index is 11.7. The average molecular weight is 467 g/mol. The topological polar surface area (TPSA) is 70.7 Å². The molecule has 1 amide bonds. The van der Waals surface area contributed by atoms with Crippen LogP contribution < -0.4 is 11.1 Å². The Morgan fingerprint density at radius 3 is 2.62 bits per heavy atom. The first kappa shape index (κ1) is 18.2. The van der Waals surface area contributed by atoms with Gasteiger partial charge in [0.15, 0.2) is 5.96 Å². The molecule has 1 saturated carbocycles. The van der Waals surface area contributed by atoms with Crippen LogP contribution >= 0.6 is 39.9 Å². The Kier molecular flexibility index (Phi) is 7.44. The van der Waals surface area contributed by atoms with Gasteiger partial charge in [0.2, 0.25) is 5.91 Å². The summed E-state index contributed by atoms with van der Waals surface area (Å²) in [7, 11) is 1.94. The zero-order valence-corrected chi connectivity index (χ0v) is 15.8. The molecular formula is C14H20BrIN4O. The lowest BCUT2D eigenvalue weighted by molar-refractivity contribution is -0.116. The molecule has 21 heavy (non-hydrogen) atoms. The highest BCUT2D eigenvalue weighted by molar-refractivity contribution is 14.0. The minimum atomic E-state index is -0.0575. The minimum Gasteiger partial charge on any atom is -0.370 e. The lowest BCUT2D eigenvalue weighted by Gasteiger charge is -2.16. The highest BCUT2D eigenvalue weighted by atomic mass is 127. The van der Waals surface area contributed by atoms with Gasteiger partial charge in [-0.3, -0.25) is 9.79 Å². The summed E-state index contributed by atoms with van der Waals surface area (Å²) < 4.78 is 0.982. The number of amides is 1. The molecule has 1 fully saturated rings. The smallest absolute Gasteiger partial charge is 0.226 e. The van der Waals surface area contributed by atoms with Crippen LogP contribution in [0.5, 0.6) is 0 Å². The molecule has 5 nitrogen and oxygen atoms in total. The number of nitrogens with zero attached hydrogens (tertiary/aromatic N) is 2.